The number of piperazine rings is 1. The average molecular weight is 435 g/mol. The van der Waals surface area contributed by atoms with E-state index < -0.39 is 11.7 Å². The summed E-state index contributed by atoms with van der Waals surface area (Å²) in [5.41, 5.74) is -1.11. The molecule has 0 saturated carbocycles. The molecule has 8 nitrogen and oxygen atoms in total. The Bertz CT molecular complexity index is 1320. The molecule has 1 aliphatic rings. The Kier molecular flexibility index (Phi) is 4.29. The van der Waals surface area contributed by atoms with E-state index in [0.717, 1.165) is 41.8 Å². The van der Waals surface area contributed by atoms with Gasteiger partial charge in [-0.2, -0.15) is 18.3 Å². The van der Waals surface area contributed by atoms with Crippen LogP contribution in [0, 0.1) is 6.92 Å². The molecule has 1 N–H and O–H groups in total. The van der Waals surface area contributed by atoms with Crippen LogP contribution in [-0.2, 0) is 6.18 Å². The minimum atomic E-state index is -4.62. The maximum atomic E-state index is 13.6. The monoisotopic (exact) mass is 435 g/mol. The number of aryl methyl sites for hydroxylation is 1. The lowest BCUT2D eigenvalue weighted by Crippen LogP contribution is -2.43. The van der Waals surface area contributed by atoms with Crippen LogP contribution in [0.5, 0.6) is 0 Å². The standard InChI is InChI=1S/C18H16F3N7OS/c1-10-8-28-16(23-10)11(18(19,20)21)6-13(25-28)12-7-14(29)27-9-15(30-17(27)24-12)26-4-2-22-3-5-26/h6-9,22H,2-5H2,1H3. The van der Waals surface area contributed by atoms with Crippen LogP contribution in [0.25, 0.3) is 22.0 Å². The predicted molar refractivity (Wildman–Crippen MR) is 106 cm³/mol. The highest BCUT2D eigenvalue weighted by atomic mass is 32.1. The van der Waals surface area contributed by atoms with E-state index in [1.807, 2.05) is 0 Å². The maximum Gasteiger partial charge on any atom is 0.420 e. The van der Waals surface area contributed by atoms with Crippen LogP contribution < -0.4 is 15.8 Å². The topological polar surface area (TPSA) is 79.8 Å². The maximum absolute atomic E-state index is 13.6. The fourth-order valence-electron chi connectivity index (χ4n) is 3.48. The van der Waals surface area contributed by atoms with E-state index in [4.69, 9.17) is 0 Å². The molecule has 1 saturated heterocycles. The molecule has 5 heterocycles. The lowest BCUT2D eigenvalue weighted by molar-refractivity contribution is -0.136. The van der Waals surface area contributed by atoms with E-state index >= 15 is 0 Å². The van der Waals surface area contributed by atoms with Crippen molar-refractivity contribution < 1.29 is 13.2 Å². The molecule has 1 aliphatic heterocycles. The second-order valence-corrected chi connectivity index (χ2v) is 8.02. The normalized spacial score (nSPS) is 15.4. The third kappa shape index (κ3) is 3.21. The molecule has 156 valence electrons. The Hall–Kier alpha value is -2.99. The highest BCUT2D eigenvalue weighted by molar-refractivity contribution is 7.20. The van der Waals surface area contributed by atoms with Crippen molar-refractivity contribution in [2.75, 3.05) is 31.1 Å². The van der Waals surface area contributed by atoms with Gasteiger partial charge in [-0.25, -0.2) is 14.5 Å². The first kappa shape index (κ1) is 19.0. The second-order valence-electron chi connectivity index (χ2n) is 7.03. The van der Waals surface area contributed by atoms with Crippen molar-refractivity contribution in [1.82, 2.24) is 29.3 Å². The van der Waals surface area contributed by atoms with Gasteiger partial charge in [0.15, 0.2) is 10.6 Å². The number of alkyl halides is 3. The smallest absolute Gasteiger partial charge is 0.360 e. The van der Waals surface area contributed by atoms with Crippen LogP contribution in [0.4, 0.5) is 18.2 Å². The van der Waals surface area contributed by atoms with Gasteiger partial charge in [-0.3, -0.25) is 9.20 Å². The first-order chi connectivity index (χ1) is 14.3. The summed E-state index contributed by atoms with van der Waals surface area (Å²) < 4.78 is 43.3. The Balaban J connectivity index is 1.65. The van der Waals surface area contributed by atoms with Gasteiger partial charge in [-0.1, -0.05) is 11.3 Å². The minimum absolute atomic E-state index is 0.0380. The van der Waals surface area contributed by atoms with Gasteiger partial charge in [0.2, 0.25) is 0 Å². The average Bonchev–Trinajstić information content (AvgIpc) is 3.29. The molecule has 0 radical (unpaired) electrons. The number of thiazole rings is 1. The van der Waals surface area contributed by atoms with Crippen molar-refractivity contribution in [3.8, 4) is 11.4 Å². The second kappa shape index (κ2) is 6.77. The van der Waals surface area contributed by atoms with Crippen molar-refractivity contribution >= 4 is 26.9 Å². The first-order valence-corrected chi connectivity index (χ1v) is 10.0. The predicted octanol–water partition coefficient (Wildman–Crippen LogP) is 2.20. The van der Waals surface area contributed by atoms with Crippen LogP contribution in [0.15, 0.2) is 29.3 Å². The van der Waals surface area contributed by atoms with Crippen LogP contribution in [0.2, 0.25) is 0 Å². The van der Waals surface area contributed by atoms with Gasteiger partial charge in [-0.05, 0) is 13.0 Å². The van der Waals surface area contributed by atoms with E-state index in [2.05, 4.69) is 25.3 Å². The van der Waals surface area contributed by atoms with Crippen molar-refractivity contribution in [2.45, 2.75) is 13.1 Å². The molecule has 4 aromatic heterocycles. The summed E-state index contributed by atoms with van der Waals surface area (Å²) >= 11 is 1.33. The van der Waals surface area contributed by atoms with Crippen LogP contribution in [-0.4, -0.2) is 50.2 Å². The highest BCUT2D eigenvalue weighted by Gasteiger charge is 2.35. The van der Waals surface area contributed by atoms with Gasteiger partial charge in [-0.15, -0.1) is 0 Å². The molecule has 30 heavy (non-hydrogen) atoms. The molecule has 0 spiro atoms. The number of halogens is 3. The zero-order valence-electron chi connectivity index (χ0n) is 15.8. The minimum Gasteiger partial charge on any atom is -0.360 e. The molecule has 0 aliphatic carbocycles. The van der Waals surface area contributed by atoms with E-state index in [1.165, 1.54) is 28.0 Å². The number of rotatable bonds is 2. The fraction of sp³-hybridized carbons (Fsp3) is 0.333. The number of anilines is 1. The molecule has 0 aromatic carbocycles. The van der Waals surface area contributed by atoms with Crippen molar-refractivity contribution in [2.24, 2.45) is 0 Å². The molecule has 12 heteroatoms. The number of nitrogens with zero attached hydrogens (tertiary/aromatic N) is 6. The van der Waals surface area contributed by atoms with Crippen LogP contribution in [0.3, 0.4) is 0 Å². The molecule has 1 fully saturated rings. The Morgan fingerprint density at radius 2 is 1.87 bits per heavy atom. The number of aromatic nitrogens is 5. The van der Waals surface area contributed by atoms with Gasteiger partial charge in [0.1, 0.15) is 16.3 Å². The molecule has 0 atom stereocenters. The lowest BCUT2D eigenvalue weighted by Gasteiger charge is -2.27. The zero-order valence-corrected chi connectivity index (χ0v) is 16.6. The van der Waals surface area contributed by atoms with Crippen molar-refractivity contribution in [3.05, 3.63) is 46.1 Å². The quantitative estimate of drug-likeness (QED) is 0.520. The fourth-order valence-corrected chi connectivity index (χ4v) is 4.52. The van der Waals surface area contributed by atoms with Gasteiger partial charge >= 0.3 is 6.18 Å². The summed E-state index contributed by atoms with van der Waals surface area (Å²) in [7, 11) is 0. The summed E-state index contributed by atoms with van der Waals surface area (Å²) in [6.45, 7) is 4.89. The Morgan fingerprint density at radius 3 is 2.60 bits per heavy atom. The SMILES string of the molecule is Cc1cn2nc(-c3cc(=O)n4cc(N5CCNCC5)sc4n3)cc(C(F)(F)F)c2n1. The molecule has 4 aromatic rings. The number of imidazole rings is 1. The van der Waals surface area contributed by atoms with Gasteiger partial charge < -0.3 is 10.2 Å². The summed E-state index contributed by atoms with van der Waals surface area (Å²) in [6.07, 6.45) is -1.48. The number of nitrogens with one attached hydrogen (secondary N) is 1. The summed E-state index contributed by atoms with van der Waals surface area (Å²) in [5.74, 6) is 0. The summed E-state index contributed by atoms with van der Waals surface area (Å²) in [6, 6.07) is 2.10. The van der Waals surface area contributed by atoms with Gasteiger partial charge in [0.05, 0.1) is 17.6 Å². The largest absolute Gasteiger partial charge is 0.420 e. The Morgan fingerprint density at radius 1 is 1.10 bits per heavy atom. The van der Waals surface area contributed by atoms with Gasteiger partial charge in [0.25, 0.3) is 5.56 Å². The molecule has 0 unspecified atom stereocenters. The van der Waals surface area contributed by atoms with Crippen molar-refractivity contribution in [3.63, 3.8) is 0 Å². The van der Waals surface area contributed by atoms with Crippen molar-refractivity contribution in [1.29, 1.82) is 0 Å². The lowest BCUT2D eigenvalue weighted by atomic mass is 10.2. The van der Waals surface area contributed by atoms with E-state index in [1.54, 1.807) is 13.1 Å². The number of hydrogen-bond donors (Lipinski definition) is 1. The first-order valence-electron chi connectivity index (χ1n) is 9.23. The van der Waals surface area contributed by atoms with E-state index in [9.17, 15) is 18.0 Å². The molecule has 5 rings (SSSR count). The molecular formula is C18H16F3N7OS. The third-order valence-electron chi connectivity index (χ3n) is 4.90. The summed E-state index contributed by atoms with van der Waals surface area (Å²) in [5, 5.41) is 8.37. The Labute approximate surface area is 171 Å². The van der Waals surface area contributed by atoms with Crippen LogP contribution in [0.1, 0.15) is 11.3 Å². The zero-order chi connectivity index (χ0) is 21.0. The molecular weight excluding hydrogens is 419 g/mol. The molecule has 0 amide bonds. The summed E-state index contributed by atoms with van der Waals surface area (Å²) in [4.78, 5) is 23.6. The number of hydrogen-bond acceptors (Lipinski definition) is 7. The molecule has 0 bridgehead atoms. The van der Waals surface area contributed by atoms with Crippen LogP contribution >= 0.6 is 11.3 Å². The van der Waals surface area contributed by atoms with Gasteiger partial charge in [0, 0.05) is 38.4 Å². The van der Waals surface area contributed by atoms with E-state index in [0.29, 0.717) is 10.7 Å². The third-order valence-corrected chi connectivity index (χ3v) is 5.94. The van der Waals surface area contributed by atoms with E-state index in [-0.39, 0.29) is 22.6 Å². The highest BCUT2D eigenvalue weighted by Crippen LogP contribution is 2.34. The number of fused-ring (bicyclic) bond motifs is 2.